The van der Waals surface area contributed by atoms with E-state index in [4.69, 9.17) is 4.74 Å². The summed E-state index contributed by atoms with van der Waals surface area (Å²) in [7, 11) is 0. The van der Waals surface area contributed by atoms with Gasteiger partial charge in [-0.15, -0.1) is 0 Å². The molecule has 0 saturated heterocycles. The molecule has 0 aliphatic heterocycles. The number of ether oxygens (including phenoxy) is 1. The van der Waals surface area contributed by atoms with Crippen molar-refractivity contribution in [2.75, 3.05) is 6.61 Å². The van der Waals surface area contributed by atoms with Crippen molar-refractivity contribution in [3.63, 3.8) is 0 Å². The molecule has 0 atom stereocenters. The third-order valence-electron chi connectivity index (χ3n) is 4.42. The molecular weight excluding hydrogens is 280 g/mol. The van der Waals surface area contributed by atoms with Gasteiger partial charge in [-0.2, -0.15) is 0 Å². The van der Waals surface area contributed by atoms with Crippen LogP contribution in [-0.2, 0) is 6.42 Å². The summed E-state index contributed by atoms with van der Waals surface area (Å²) >= 11 is 0. The van der Waals surface area contributed by atoms with Gasteiger partial charge in [0.25, 0.3) is 0 Å². The first kappa shape index (κ1) is 20.1. The fourth-order valence-electron chi connectivity index (χ4n) is 2.86. The molecule has 0 N–H and O–H groups in total. The van der Waals surface area contributed by atoms with E-state index in [1.165, 1.54) is 82.6 Å². The van der Waals surface area contributed by atoms with Crippen molar-refractivity contribution in [1.29, 1.82) is 0 Å². The smallest absolute Gasteiger partial charge is 0.127 e. The standard InChI is InChI=1S/C22H37O/c1-3-5-7-9-11-13-15-21-16-18-22(19-17-21)23-20-14-12-10-8-6-4-2/h16-18H,3-15,20H2,1-2H3. The quantitative estimate of drug-likeness (QED) is 0.313. The Morgan fingerprint density at radius 3 is 1.96 bits per heavy atom. The minimum atomic E-state index is 0.833. The Kier molecular flexibility index (Phi) is 12.7. The van der Waals surface area contributed by atoms with Crippen LogP contribution in [0.4, 0.5) is 0 Å². The van der Waals surface area contributed by atoms with E-state index in [-0.39, 0.29) is 0 Å². The van der Waals surface area contributed by atoms with Crippen molar-refractivity contribution in [3.05, 3.63) is 29.8 Å². The first-order chi connectivity index (χ1) is 11.4. The number of rotatable bonds is 15. The maximum atomic E-state index is 5.78. The van der Waals surface area contributed by atoms with E-state index in [1.807, 2.05) is 0 Å². The van der Waals surface area contributed by atoms with Crippen LogP contribution < -0.4 is 4.74 Å². The Bertz CT molecular complexity index is 355. The zero-order valence-electron chi connectivity index (χ0n) is 15.5. The fraction of sp³-hybridized carbons (Fsp3) is 0.727. The molecule has 0 amide bonds. The maximum absolute atomic E-state index is 5.78. The third-order valence-corrected chi connectivity index (χ3v) is 4.42. The second kappa shape index (κ2) is 14.6. The summed E-state index contributed by atoms with van der Waals surface area (Å²) in [6, 6.07) is 9.70. The first-order valence-corrected chi connectivity index (χ1v) is 10.00. The number of aryl methyl sites for hydroxylation is 1. The highest BCUT2D eigenvalue weighted by atomic mass is 16.5. The lowest BCUT2D eigenvalue weighted by atomic mass is 10.0. The van der Waals surface area contributed by atoms with Gasteiger partial charge >= 0.3 is 0 Å². The second-order valence-corrected chi connectivity index (χ2v) is 6.70. The normalized spacial score (nSPS) is 10.9. The molecule has 0 bridgehead atoms. The van der Waals surface area contributed by atoms with Gasteiger partial charge in [0.05, 0.1) is 6.61 Å². The molecule has 0 heterocycles. The van der Waals surface area contributed by atoms with E-state index >= 15 is 0 Å². The van der Waals surface area contributed by atoms with Gasteiger partial charge < -0.3 is 4.74 Å². The van der Waals surface area contributed by atoms with Gasteiger partial charge in [0.2, 0.25) is 0 Å². The zero-order chi connectivity index (χ0) is 16.6. The molecule has 1 rings (SSSR count). The van der Waals surface area contributed by atoms with E-state index < -0.39 is 0 Å². The minimum Gasteiger partial charge on any atom is -0.493 e. The van der Waals surface area contributed by atoms with Crippen LogP contribution in [0, 0.1) is 6.07 Å². The molecule has 0 aliphatic carbocycles. The average molecular weight is 318 g/mol. The van der Waals surface area contributed by atoms with Crippen LogP contribution >= 0.6 is 0 Å². The largest absolute Gasteiger partial charge is 0.493 e. The van der Waals surface area contributed by atoms with Crippen LogP contribution in [0.25, 0.3) is 0 Å². The van der Waals surface area contributed by atoms with E-state index in [0.29, 0.717) is 0 Å². The Balaban J connectivity index is 2.04. The van der Waals surface area contributed by atoms with E-state index in [9.17, 15) is 0 Å². The third kappa shape index (κ3) is 11.2. The summed E-state index contributed by atoms with van der Waals surface area (Å²) in [5, 5.41) is 0. The molecule has 1 nitrogen and oxygen atoms in total. The zero-order valence-corrected chi connectivity index (χ0v) is 15.5. The Morgan fingerprint density at radius 2 is 1.35 bits per heavy atom. The van der Waals surface area contributed by atoms with Crippen molar-refractivity contribution < 1.29 is 4.74 Å². The Morgan fingerprint density at radius 1 is 0.739 bits per heavy atom. The van der Waals surface area contributed by atoms with Gasteiger partial charge in [0.1, 0.15) is 5.75 Å². The van der Waals surface area contributed by atoms with Gasteiger partial charge in [0, 0.05) is 6.07 Å². The summed E-state index contributed by atoms with van der Waals surface area (Å²) in [6.45, 7) is 5.36. The molecule has 0 spiro atoms. The van der Waals surface area contributed by atoms with Gasteiger partial charge in [-0.25, -0.2) is 0 Å². The van der Waals surface area contributed by atoms with Gasteiger partial charge in [-0.05, 0) is 37.0 Å². The molecule has 0 fully saturated rings. The maximum Gasteiger partial charge on any atom is 0.127 e. The number of unbranched alkanes of at least 4 members (excludes halogenated alkanes) is 10. The summed E-state index contributed by atoms with van der Waals surface area (Å²) in [6.07, 6.45) is 17.2. The Hall–Kier alpha value is -0.980. The molecular formula is C22H37O. The van der Waals surface area contributed by atoms with Crippen LogP contribution in [0.5, 0.6) is 5.75 Å². The lowest BCUT2D eigenvalue weighted by Crippen LogP contribution is -1.97. The van der Waals surface area contributed by atoms with Crippen LogP contribution in [-0.4, -0.2) is 6.61 Å². The molecule has 1 heteroatoms. The number of hydrogen-bond acceptors (Lipinski definition) is 1. The molecule has 1 aromatic carbocycles. The summed E-state index contributed by atoms with van der Waals surface area (Å²) < 4.78 is 5.78. The van der Waals surface area contributed by atoms with Crippen LogP contribution in [0.3, 0.4) is 0 Å². The monoisotopic (exact) mass is 317 g/mol. The van der Waals surface area contributed by atoms with Crippen molar-refractivity contribution in [3.8, 4) is 5.75 Å². The number of benzene rings is 1. The summed E-state index contributed by atoms with van der Waals surface area (Å²) in [5.74, 6) is 0.908. The molecule has 1 radical (unpaired) electrons. The number of hydrogen-bond donors (Lipinski definition) is 0. The first-order valence-electron chi connectivity index (χ1n) is 10.00. The van der Waals surface area contributed by atoms with Crippen molar-refractivity contribution in [2.45, 2.75) is 97.3 Å². The van der Waals surface area contributed by atoms with E-state index in [0.717, 1.165) is 18.8 Å². The van der Waals surface area contributed by atoms with Gasteiger partial charge in [-0.1, -0.05) is 84.1 Å². The average Bonchev–Trinajstić information content (AvgIpc) is 2.58. The highest BCUT2D eigenvalue weighted by Gasteiger charge is 1.98. The SMILES string of the molecule is CCCCCCCCOc1[c]cc(CCCCCCCC)cc1. The summed E-state index contributed by atoms with van der Waals surface area (Å²) in [5.41, 5.74) is 1.40. The predicted molar refractivity (Wildman–Crippen MR) is 101 cm³/mol. The van der Waals surface area contributed by atoms with Crippen LogP contribution in [0.15, 0.2) is 18.2 Å². The summed E-state index contributed by atoms with van der Waals surface area (Å²) in [4.78, 5) is 0. The predicted octanol–water partition coefficient (Wildman–Crippen LogP) is 7.13. The lowest BCUT2D eigenvalue weighted by Gasteiger charge is -2.07. The molecule has 0 aliphatic rings. The molecule has 1 aromatic rings. The highest BCUT2D eigenvalue weighted by Crippen LogP contribution is 2.15. The molecule has 0 saturated carbocycles. The minimum absolute atomic E-state index is 0.833. The van der Waals surface area contributed by atoms with Crippen LogP contribution in [0.1, 0.15) is 96.5 Å². The van der Waals surface area contributed by atoms with Crippen molar-refractivity contribution in [2.24, 2.45) is 0 Å². The highest BCUT2D eigenvalue weighted by molar-refractivity contribution is 5.25. The molecule has 0 aromatic heterocycles. The van der Waals surface area contributed by atoms with E-state index in [1.54, 1.807) is 0 Å². The second-order valence-electron chi connectivity index (χ2n) is 6.70. The van der Waals surface area contributed by atoms with Gasteiger partial charge in [-0.3, -0.25) is 0 Å². The fourth-order valence-corrected chi connectivity index (χ4v) is 2.86. The lowest BCUT2D eigenvalue weighted by molar-refractivity contribution is 0.303. The molecule has 0 unspecified atom stereocenters. The molecule has 131 valence electrons. The van der Waals surface area contributed by atoms with Crippen molar-refractivity contribution >= 4 is 0 Å². The topological polar surface area (TPSA) is 9.23 Å². The van der Waals surface area contributed by atoms with Crippen molar-refractivity contribution in [1.82, 2.24) is 0 Å². The molecule has 23 heavy (non-hydrogen) atoms. The van der Waals surface area contributed by atoms with Gasteiger partial charge in [0.15, 0.2) is 0 Å². The Labute approximate surface area is 144 Å². The van der Waals surface area contributed by atoms with E-state index in [2.05, 4.69) is 38.1 Å². The van der Waals surface area contributed by atoms with Crippen LogP contribution in [0.2, 0.25) is 0 Å².